The van der Waals surface area contributed by atoms with Gasteiger partial charge in [-0.3, -0.25) is 9.59 Å². The lowest BCUT2D eigenvalue weighted by Gasteiger charge is -2.47. The summed E-state index contributed by atoms with van der Waals surface area (Å²) >= 11 is 12.3. The zero-order valence-electron chi connectivity index (χ0n) is 19.7. The topological polar surface area (TPSA) is 72.6 Å². The molecule has 0 saturated carbocycles. The molecular weight excluding hydrogens is 502 g/mol. The molecule has 0 aromatic heterocycles. The summed E-state index contributed by atoms with van der Waals surface area (Å²) in [7, 11) is 0. The van der Waals surface area contributed by atoms with Crippen LogP contribution < -0.4 is 5.73 Å². The van der Waals surface area contributed by atoms with Crippen LogP contribution in [0.25, 0.3) is 0 Å². The molecule has 188 valence electrons. The Labute approximate surface area is 219 Å². The fraction of sp³-hybridized carbons (Fsp3) is 0.286. The van der Waals surface area contributed by atoms with Crippen LogP contribution in [0.2, 0.25) is 10.0 Å². The number of benzene rings is 3. The van der Waals surface area contributed by atoms with E-state index in [1.165, 1.54) is 12.1 Å². The van der Waals surface area contributed by atoms with Crippen LogP contribution >= 0.6 is 23.2 Å². The van der Waals surface area contributed by atoms with Gasteiger partial charge in [0.2, 0.25) is 5.91 Å². The smallest absolute Gasteiger partial charge is 0.253 e. The van der Waals surface area contributed by atoms with Crippen molar-refractivity contribution in [1.29, 1.82) is 0 Å². The standard InChI is InChI=1S/C28H27Cl2FN2O3/c1-2-3-23(27(32)34)33-25(18-6-10-20(29)11-7-18)26(19-8-12-21(30)13-9-19)36-24(28(33)35)16-17-4-14-22(31)15-5-17/h4-15,23-26H,2-3,16H2,1H3,(H2,32,34)/t23-,24-,25+,26-/m1/s1. The Morgan fingerprint density at radius 2 is 1.53 bits per heavy atom. The average Bonchev–Trinajstić information content (AvgIpc) is 2.86. The summed E-state index contributed by atoms with van der Waals surface area (Å²) < 4.78 is 20.0. The first-order valence-corrected chi connectivity index (χ1v) is 12.6. The number of nitrogens with two attached hydrogens (primary N) is 1. The van der Waals surface area contributed by atoms with Crippen molar-refractivity contribution in [2.45, 2.75) is 50.5 Å². The number of ether oxygens (including phenoxy) is 1. The summed E-state index contributed by atoms with van der Waals surface area (Å²) in [6.07, 6.45) is -0.254. The molecule has 3 aromatic carbocycles. The summed E-state index contributed by atoms with van der Waals surface area (Å²) in [5.41, 5.74) is 8.13. The van der Waals surface area contributed by atoms with Gasteiger partial charge in [-0.05, 0) is 59.5 Å². The maximum absolute atomic E-state index is 14.0. The number of rotatable bonds is 8. The quantitative estimate of drug-likeness (QED) is 0.387. The van der Waals surface area contributed by atoms with E-state index in [-0.39, 0.29) is 18.1 Å². The molecular formula is C28H27Cl2FN2O3. The van der Waals surface area contributed by atoms with E-state index in [1.807, 2.05) is 31.2 Å². The number of hydrogen-bond acceptors (Lipinski definition) is 3. The summed E-state index contributed by atoms with van der Waals surface area (Å²) in [5.74, 6) is -1.29. The number of carbonyl (C=O) groups excluding carboxylic acids is 2. The van der Waals surface area contributed by atoms with Gasteiger partial charge < -0.3 is 15.4 Å². The molecule has 4 atom stereocenters. The Bertz CT molecular complexity index is 1200. The van der Waals surface area contributed by atoms with E-state index >= 15 is 0 Å². The molecule has 1 saturated heterocycles. The third kappa shape index (κ3) is 5.72. The van der Waals surface area contributed by atoms with E-state index < -0.39 is 30.2 Å². The van der Waals surface area contributed by atoms with Gasteiger partial charge in [-0.2, -0.15) is 0 Å². The van der Waals surface area contributed by atoms with Gasteiger partial charge in [-0.15, -0.1) is 0 Å². The molecule has 2 amide bonds. The highest BCUT2D eigenvalue weighted by molar-refractivity contribution is 6.30. The predicted molar refractivity (Wildman–Crippen MR) is 138 cm³/mol. The Kier molecular flexibility index (Phi) is 8.29. The Balaban J connectivity index is 1.84. The van der Waals surface area contributed by atoms with E-state index in [4.69, 9.17) is 33.7 Å². The van der Waals surface area contributed by atoms with Crippen LogP contribution in [0.4, 0.5) is 4.39 Å². The number of hydrogen-bond donors (Lipinski definition) is 1. The molecule has 36 heavy (non-hydrogen) atoms. The lowest BCUT2D eigenvalue weighted by molar-refractivity contribution is -0.181. The van der Waals surface area contributed by atoms with Gasteiger partial charge >= 0.3 is 0 Å². The number of amides is 2. The summed E-state index contributed by atoms with van der Waals surface area (Å²) in [5, 5.41) is 1.11. The first-order chi connectivity index (χ1) is 17.3. The Morgan fingerprint density at radius 3 is 2.06 bits per heavy atom. The highest BCUT2D eigenvalue weighted by Crippen LogP contribution is 2.44. The van der Waals surface area contributed by atoms with Crippen molar-refractivity contribution in [1.82, 2.24) is 4.90 Å². The molecule has 2 N–H and O–H groups in total. The maximum atomic E-state index is 14.0. The predicted octanol–water partition coefficient (Wildman–Crippen LogP) is 6.04. The van der Waals surface area contributed by atoms with E-state index in [2.05, 4.69) is 0 Å². The third-order valence-corrected chi connectivity index (χ3v) is 6.90. The minimum Gasteiger partial charge on any atom is -0.368 e. The molecule has 0 bridgehead atoms. The van der Waals surface area contributed by atoms with E-state index in [0.29, 0.717) is 22.9 Å². The van der Waals surface area contributed by atoms with E-state index in [0.717, 1.165) is 16.7 Å². The van der Waals surface area contributed by atoms with E-state index in [9.17, 15) is 14.0 Å². The first-order valence-electron chi connectivity index (χ1n) is 11.8. The van der Waals surface area contributed by atoms with Crippen molar-refractivity contribution < 1.29 is 18.7 Å². The Morgan fingerprint density at radius 1 is 0.972 bits per heavy atom. The first kappa shape index (κ1) is 26.1. The Hall–Kier alpha value is -2.93. The van der Waals surface area contributed by atoms with Gasteiger partial charge in [0.1, 0.15) is 24.1 Å². The molecule has 1 heterocycles. The van der Waals surface area contributed by atoms with E-state index in [1.54, 1.807) is 41.3 Å². The van der Waals surface area contributed by atoms with Crippen LogP contribution in [0.15, 0.2) is 72.8 Å². The second-order valence-corrected chi connectivity index (χ2v) is 9.75. The number of nitrogens with zero attached hydrogens (tertiary/aromatic N) is 1. The minimum atomic E-state index is -0.904. The van der Waals surface area contributed by atoms with Crippen LogP contribution in [0.5, 0.6) is 0 Å². The molecule has 0 spiro atoms. The monoisotopic (exact) mass is 528 g/mol. The van der Waals surface area contributed by atoms with Crippen molar-refractivity contribution in [3.8, 4) is 0 Å². The molecule has 4 rings (SSSR count). The largest absolute Gasteiger partial charge is 0.368 e. The number of carbonyl (C=O) groups is 2. The minimum absolute atomic E-state index is 0.213. The van der Waals surface area contributed by atoms with Gasteiger partial charge in [0.05, 0.1) is 6.04 Å². The summed E-state index contributed by atoms with van der Waals surface area (Å²) in [6.45, 7) is 1.94. The van der Waals surface area contributed by atoms with Crippen LogP contribution in [0.1, 0.15) is 48.6 Å². The fourth-order valence-electron chi connectivity index (χ4n) is 4.68. The van der Waals surface area contributed by atoms with Crippen molar-refractivity contribution >= 4 is 35.0 Å². The molecule has 0 radical (unpaired) electrons. The van der Waals surface area contributed by atoms with Crippen molar-refractivity contribution in [2.75, 3.05) is 0 Å². The average molecular weight is 529 g/mol. The lowest BCUT2D eigenvalue weighted by atomic mass is 9.88. The lowest BCUT2D eigenvalue weighted by Crippen LogP contribution is -2.58. The summed E-state index contributed by atoms with van der Waals surface area (Å²) in [4.78, 5) is 28.2. The zero-order valence-corrected chi connectivity index (χ0v) is 21.3. The zero-order chi connectivity index (χ0) is 25.8. The van der Waals surface area contributed by atoms with Crippen LogP contribution in [0, 0.1) is 5.82 Å². The molecule has 0 unspecified atom stereocenters. The molecule has 1 aliphatic rings. The van der Waals surface area contributed by atoms with Crippen LogP contribution in [0.3, 0.4) is 0 Å². The molecule has 3 aromatic rings. The molecule has 1 fully saturated rings. The molecule has 0 aliphatic carbocycles. The van der Waals surface area contributed by atoms with Crippen LogP contribution in [-0.2, 0) is 20.7 Å². The number of halogens is 3. The maximum Gasteiger partial charge on any atom is 0.253 e. The van der Waals surface area contributed by atoms with Crippen molar-refractivity contribution in [3.63, 3.8) is 0 Å². The third-order valence-electron chi connectivity index (χ3n) is 6.40. The summed E-state index contributed by atoms with van der Waals surface area (Å²) in [6, 6.07) is 18.8. The second-order valence-electron chi connectivity index (χ2n) is 8.88. The molecule has 8 heteroatoms. The van der Waals surface area contributed by atoms with Gasteiger partial charge in [0, 0.05) is 16.5 Å². The fourth-order valence-corrected chi connectivity index (χ4v) is 4.93. The van der Waals surface area contributed by atoms with Gasteiger partial charge in [0.25, 0.3) is 5.91 Å². The van der Waals surface area contributed by atoms with Crippen LogP contribution in [-0.4, -0.2) is 28.9 Å². The molecule has 1 aliphatic heterocycles. The van der Waals surface area contributed by atoms with Gasteiger partial charge in [0.15, 0.2) is 0 Å². The van der Waals surface area contributed by atoms with Crippen molar-refractivity contribution in [2.24, 2.45) is 5.73 Å². The SMILES string of the molecule is CCC[C@H](C(N)=O)N1C(=O)[C@@H](Cc2ccc(F)cc2)O[C@H](c2ccc(Cl)cc2)[C@@H]1c1ccc(Cl)cc1. The normalized spacial score (nSPS) is 20.8. The second kappa shape index (κ2) is 11.4. The number of primary amides is 1. The van der Waals surface area contributed by atoms with Gasteiger partial charge in [-0.1, -0.05) is 72.9 Å². The highest BCUT2D eigenvalue weighted by Gasteiger charge is 2.47. The molecule has 5 nitrogen and oxygen atoms in total. The van der Waals surface area contributed by atoms with Crippen molar-refractivity contribution in [3.05, 3.63) is 105 Å². The highest BCUT2D eigenvalue weighted by atomic mass is 35.5. The van der Waals surface area contributed by atoms with Gasteiger partial charge in [-0.25, -0.2) is 4.39 Å². The number of morpholine rings is 1.